The summed E-state index contributed by atoms with van der Waals surface area (Å²) >= 11 is 0. The average molecular weight is 258 g/mol. The van der Waals surface area contributed by atoms with E-state index in [0.29, 0.717) is 0 Å². The second kappa shape index (κ2) is 6.06. The first kappa shape index (κ1) is 13.1. The van der Waals surface area contributed by atoms with Crippen molar-refractivity contribution >= 4 is 0 Å². The van der Waals surface area contributed by atoms with Gasteiger partial charge in [0, 0.05) is 19.1 Å². The molecule has 19 heavy (non-hydrogen) atoms. The fraction of sp³-hybridized carbons (Fsp3) is 0.647. The zero-order valence-electron chi connectivity index (χ0n) is 11.8. The lowest BCUT2D eigenvalue weighted by molar-refractivity contribution is 0.300. The highest BCUT2D eigenvalue weighted by Gasteiger charge is 2.35. The standard InChI is InChI=1S/C17H26N2/c18-17(14-6-2-1-3-7-14)10-5-11-19-12-15-8-4-9-16(15)13-19/h1-3,6-7,15-17H,4-5,8-13,18H2. The monoisotopic (exact) mass is 258 g/mol. The molecule has 3 atom stereocenters. The van der Waals surface area contributed by atoms with E-state index in [-0.39, 0.29) is 6.04 Å². The van der Waals surface area contributed by atoms with Crippen molar-refractivity contribution < 1.29 is 0 Å². The van der Waals surface area contributed by atoms with Crippen LogP contribution in [0.15, 0.2) is 30.3 Å². The van der Waals surface area contributed by atoms with Crippen LogP contribution in [-0.4, -0.2) is 24.5 Å². The molecule has 0 aromatic heterocycles. The molecular formula is C17H26N2. The van der Waals surface area contributed by atoms with Gasteiger partial charge in [-0.2, -0.15) is 0 Å². The van der Waals surface area contributed by atoms with E-state index in [0.717, 1.165) is 18.3 Å². The number of hydrogen-bond donors (Lipinski definition) is 1. The normalized spacial score (nSPS) is 28.5. The van der Waals surface area contributed by atoms with Gasteiger partial charge in [-0.05, 0) is 49.6 Å². The Kier molecular flexibility index (Phi) is 4.19. The van der Waals surface area contributed by atoms with Gasteiger partial charge in [-0.15, -0.1) is 0 Å². The summed E-state index contributed by atoms with van der Waals surface area (Å²) in [5.74, 6) is 2.03. The molecule has 1 saturated heterocycles. The first-order valence-electron chi connectivity index (χ1n) is 7.86. The van der Waals surface area contributed by atoms with Gasteiger partial charge >= 0.3 is 0 Å². The van der Waals surface area contributed by atoms with Crippen LogP contribution >= 0.6 is 0 Å². The second-order valence-electron chi connectivity index (χ2n) is 6.37. The van der Waals surface area contributed by atoms with E-state index in [1.165, 1.54) is 50.9 Å². The van der Waals surface area contributed by atoms with Gasteiger partial charge < -0.3 is 10.6 Å². The molecule has 1 heterocycles. The van der Waals surface area contributed by atoms with E-state index in [4.69, 9.17) is 5.73 Å². The molecule has 1 aliphatic carbocycles. The van der Waals surface area contributed by atoms with Crippen LogP contribution in [0.5, 0.6) is 0 Å². The number of nitrogens with zero attached hydrogens (tertiary/aromatic N) is 1. The van der Waals surface area contributed by atoms with Crippen molar-refractivity contribution in [2.75, 3.05) is 19.6 Å². The van der Waals surface area contributed by atoms with E-state index >= 15 is 0 Å². The second-order valence-corrected chi connectivity index (χ2v) is 6.37. The van der Waals surface area contributed by atoms with Crippen molar-refractivity contribution in [3.63, 3.8) is 0 Å². The quantitative estimate of drug-likeness (QED) is 0.879. The van der Waals surface area contributed by atoms with Crippen LogP contribution in [-0.2, 0) is 0 Å². The summed E-state index contributed by atoms with van der Waals surface area (Å²) in [6, 6.07) is 10.7. The zero-order valence-corrected chi connectivity index (χ0v) is 11.8. The summed E-state index contributed by atoms with van der Waals surface area (Å²) in [6.45, 7) is 3.95. The minimum atomic E-state index is 0.211. The third-order valence-corrected chi connectivity index (χ3v) is 5.02. The van der Waals surface area contributed by atoms with E-state index in [9.17, 15) is 0 Å². The minimum absolute atomic E-state index is 0.211. The largest absolute Gasteiger partial charge is 0.324 e. The molecule has 0 radical (unpaired) electrons. The fourth-order valence-corrected chi connectivity index (χ4v) is 3.92. The van der Waals surface area contributed by atoms with Gasteiger partial charge in [-0.25, -0.2) is 0 Å². The number of hydrogen-bond acceptors (Lipinski definition) is 2. The van der Waals surface area contributed by atoms with Crippen LogP contribution in [0.3, 0.4) is 0 Å². The van der Waals surface area contributed by atoms with E-state index < -0.39 is 0 Å². The number of benzene rings is 1. The molecule has 3 unspecified atom stereocenters. The number of nitrogens with two attached hydrogens (primary N) is 1. The predicted octanol–water partition coefficient (Wildman–Crippen LogP) is 3.20. The van der Waals surface area contributed by atoms with Crippen molar-refractivity contribution in [2.45, 2.75) is 38.1 Å². The molecule has 1 aromatic carbocycles. The van der Waals surface area contributed by atoms with Crippen molar-refractivity contribution in [3.05, 3.63) is 35.9 Å². The van der Waals surface area contributed by atoms with Crippen LogP contribution in [0.4, 0.5) is 0 Å². The molecule has 3 rings (SSSR count). The Morgan fingerprint density at radius 1 is 1.11 bits per heavy atom. The predicted molar refractivity (Wildman–Crippen MR) is 79.9 cm³/mol. The van der Waals surface area contributed by atoms with Gasteiger partial charge in [-0.3, -0.25) is 0 Å². The van der Waals surface area contributed by atoms with Crippen LogP contribution < -0.4 is 5.73 Å². The van der Waals surface area contributed by atoms with Gasteiger partial charge in [0.25, 0.3) is 0 Å². The first-order chi connectivity index (χ1) is 9.33. The van der Waals surface area contributed by atoms with Crippen LogP contribution in [0.2, 0.25) is 0 Å². The van der Waals surface area contributed by atoms with E-state index in [2.05, 4.69) is 35.2 Å². The number of rotatable bonds is 5. The lowest BCUT2D eigenvalue weighted by Crippen LogP contribution is -2.24. The van der Waals surface area contributed by atoms with Crippen molar-refractivity contribution in [2.24, 2.45) is 17.6 Å². The van der Waals surface area contributed by atoms with Crippen LogP contribution in [0.1, 0.15) is 43.7 Å². The summed E-state index contributed by atoms with van der Waals surface area (Å²) < 4.78 is 0. The molecular weight excluding hydrogens is 232 g/mol. The van der Waals surface area contributed by atoms with E-state index in [1.54, 1.807) is 0 Å². The van der Waals surface area contributed by atoms with Gasteiger partial charge in [-0.1, -0.05) is 36.8 Å². The third-order valence-electron chi connectivity index (χ3n) is 5.02. The van der Waals surface area contributed by atoms with Gasteiger partial charge in [0.1, 0.15) is 0 Å². The molecule has 0 bridgehead atoms. The molecule has 0 spiro atoms. The summed E-state index contributed by atoms with van der Waals surface area (Å²) in [5.41, 5.74) is 7.53. The topological polar surface area (TPSA) is 29.3 Å². The maximum absolute atomic E-state index is 6.25. The Morgan fingerprint density at radius 2 is 1.79 bits per heavy atom. The molecule has 2 fully saturated rings. The van der Waals surface area contributed by atoms with Gasteiger partial charge in [0.15, 0.2) is 0 Å². The average Bonchev–Trinajstić information content (AvgIpc) is 3.00. The SMILES string of the molecule is NC(CCCN1CC2CCCC2C1)c1ccccc1. The summed E-state index contributed by atoms with van der Waals surface area (Å²) in [7, 11) is 0. The minimum Gasteiger partial charge on any atom is -0.324 e. The third kappa shape index (κ3) is 3.18. The summed E-state index contributed by atoms with van der Waals surface area (Å²) in [6.07, 6.45) is 6.77. The molecule has 1 aliphatic heterocycles. The molecule has 2 heteroatoms. The Morgan fingerprint density at radius 3 is 2.47 bits per heavy atom. The maximum Gasteiger partial charge on any atom is 0.0295 e. The smallest absolute Gasteiger partial charge is 0.0295 e. The number of fused-ring (bicyclic) bond motifs is 1. The highest BCUT2D eigenvalue weighted by atomic mass is 15.2. The van der Waals surface area contributed by atoms with Crippen molar-refractivity contribution in [1.82, 2.24) is 4.90 Å². The Balaban J connectivity index is 1.39. The first-order valence-corrected chi connectivity index (χ1v) is 7.86. The maximum atomic E-state index is 6.25. The lowest BCUT2D eigenvalue weighted by Gasteiger charge is -2.18. The number of likely N-dealkylation sites (tertiary alicyclic amines) is 1. The molecule has 1 aromatic rings. The molecule has 2 nitrogen and oxygen atoms in total. The highest BCUT2D eigenvalue weighted by Crippen LogP contribution is 2.37. The summed E-state index contributed by atoms with van der Waals surface area (Å²) in [4.78, 5) is 2.67. The summed E-state index contributed by atoms with van der Waals surface area (Å²) in [5, 5.41) is 0. The Bertz CT molecular complexity index is 378. The van der Waals surface area contributed by atoms with Gasteiger partial charge in [0.05, 0.1) is 0 Å². The molecule has 104 valence electrons. The highest BCUT2D eigenvalue weighted by molar-refractivity contribution is 5.18. The van der Waals surface area contributed by atoms with Gasteiger partial charge in [0.2, 0.25) is 0 Å². The lowest BCUT2D eigenvalue weighted by atomic mass is 10.0. The van der Waals surface area contributed by atoms with Crippen molar-refractivity contribution in [3.8, 4) is 0 Å². The van der Waals surface area contributed by atoms with Crippen LogP contribution in [0.25, 0.3) is 0 Å². The fourth-order valence-electron chi connectivity index (χ4n) is 3.92. The molecule has 0 amide bonds. The Hall–Kier alpha value is -0.860. The van der Waals surface area contributed by atoms with E-state index in [1.807, 2.05) is 0 Å². The Labute approximate surface area is 117 Å². The zero-order chi connectivity index (χ0) is 13.1. The molecule has 2 aliphatic rings. The van der Waals surface area contributed by atoms with Crippen molar-refractivity contribution in [1.29, 1.82) is 0 Å². The molecule has 2 N–H and O–H groups in total. The van der Waals surface area contributed by atoms with Crippen LogP contribution in [0, 0.1) is 11.8 Å². The molecule has 1 saturated carbocycles.